The van der Waals surface area contributed by atoms with Gasteiger partial charge in [-0.25, -0.2) is 9.59 Å². The third kappa shape index (κ3) is 10.9. The van der Waals surface area contributed by atoms with Gasteiger partial charge in [0.1, 0.15) is 23.9 Å². The number of esters is 1. The molecule has 0 unspecified atom stereocenters. The van der Waals surface area contributed by atoms with Crippen LogP contribution in [-0.2, 0) is 36.8 Å². The standard InChI is InChI=1S/C37H44N4O8/c1-48-28-19-17-26(18-20-28)23-30(39-33(42)29(38)15-8-9-22-49-37(47)27-13-6-3-7-14-27)34(43)40-31(24-25-11-4-2-5-12-25)35(44)41-21-10-16-32(41)36(45)46/h2-7,11-14,17-20,29-32H,8-10,15-16,21-24,38H2,1H3,(H,39,42)(H,40,43)(H,45,46)/t29-,30+,31-,32+/m0/s1. The van der Waals surface area contributed by atoms with Crippen molar-refractivity contribution in [3.8, 4) is 5.75 Å². The molecule has 1 saturated heterocycles. The lowest BCUT2D eigenvalue weighted by Crippen LogP contribution is -2.58. The van der Waals surface area contributed by atoms with Crippen molar-refractivity contribution in [1.29, 1.82) is 0 Å². The highest BCUT2D eigenvalue weighted by Gasteiger charge is 2.38. The summed E-state index contributed by atoms with van der Waals surface area (Å²) in [6.45, 7) is 0.435. The zero-order valence-electron chi connectivity index (χ0n) is 27.6. The number of carboxylic acid groups (broad SMARTS) is 1. The Morgan fingerprint density at radius 1 is 0.837 bits per heavy atom. The third-order valence-corrected chi connectivity index (χ3v) is 8.44. The summed E-state index contributed by atoms with van der Waals surface area (Å²) in [7, 11) is 1.54. The van der Waals surface area contributed by atoms with E-state index in [0.29, 0.717) is 37.0 Å². The molecule has 0 bridgehead atoms. The third-order valence-electron chi connectivity index (χ3n) is 8.44. The van der Waals surface area contributed by atoms with Gasteiger partial charge in [-0.15, -0.1) is 0 Å². The first-order valence-corrected chi connectivity index (χ1v) is 16.4. The lowest BCUT2D eigenvalue weighted by atomic mass is 10.0. The maximum atomic E-state index is 13.9. The molecule has 0 saturated carbocycles. The second kappa shape index (κ2) is 18.3. The molecule has 49 heavy (non-hydrogen) atoms. The number of carboxylic acids is 1. The van der Waals surface area contributed by atoms with Crippen LogP contribution >= 0.6 is 0 Å². The minimum Gasteiger partial charge on any atom is -0.497 e. The van der Waals surface area contributed by atoms with E-state index in [2.05, 4.69) is 10.6 Å². The number of hydrogen-bond donors (Lipinski definition) is 4. The van der Waals surface area contributed by atoms with Crippen LogP contribution in [0.25, 0.3) is 0 Å². The van der Waals surface area contributed by atoms with E-state index in [1.807, 2.05) is 36.4 Å². The quantitative estimate of drug-likeness (QED) is 0.124. The number of unbranched alkanes of at least 4 members (excludes halogenated alkanes) is 1. The van der Waals surface area contributed by atoms with Crippen LogP contribution in [-0.4, -0.2) is 84.1 Å². The molecule has 260 valence electrons. The summed E-state index contributed by atoms with van der Waals surface area (Å²) < 4.78 is 10.5. The molecule has 12 nitrogen and oxygen atoms in total. The Kier molecular flexibility index (Phi) is 13.7. The number of benzene rings is 3. The van der Waals surface area contributed by atoms with Crippen LogP contribution < -0.4 is 21.1 Å². The number of nitrogens with one attached hydrogen (secondary N) is 2. The Labute approximate surface area is 286 Å². The molecule has 4 rings (SSSR count). The van der Waals surface area contributed by atoms with E-state index in [9.17, 15) is 29.1 Å². The van der Waals surface area contributed by atoms with Crippen molar-refractivity contribution in [3.05, 3.63) is 102 Å². The molecule has 0 radical (unpaired) electrons. The number of nitrogens with zero attached hydrogens (tertiary/aromatic N) is 1. The van der Waals surface area contributed by atoms with E-state index < -0.39 is 53.8 Å². The minimum atomic E-state index is -1.10. The summed E-state index contributed by atoms with van der Waals surface area (Å²) >= 11 is 0. The van der Waals surface area contributed by atoms with Crippen LogP contribution in [0.3, 0.4) is 0 Å². The van der Waals surface area contributed by atoms with E-state index in [1.54, 1.807) is 55.6 Å². The van der Waals surface area contributed by atoms with Crippen LogP contribution in [0.1, 0.15) is 53.6 Å². The molecule has 5 N–H and O–H groups in total. The molecule has 1 aliphatic heterocycles. The molecular weight excluding hydrogens is 628 g/mol. The van der Waals surface area contributed by atoms with E-state index >= 15 is 0 Å². The van der Waals surface area contributed by atoms with Gasteiger partial charge in [0.05, 0.1) is 25.3 Å². The fourth-order valence-electron chi connectivity index (χ4n) is 5.71. The molecule has 3 aromatic carbocycles. The number of aliphatic carboxylic acids is 1. The number of amides is 3. The SMILES string of the molecule is COc1ccc(C[C@@H](NC(=O)[C@@H](N)CCCCOC(=O)c2ccccc2)C(=O)N[C@@H](Cc2ccccc2)C(=O)N2CCC[C@@H]2C(=O)O)cc1. The number of nitrogens with two attached hydrogens (primary N) is 1. The van der Waals surface area contributed by atoms with Gasteiger partial charge in [0.15, 0.2) is 0 Å². The summed E-state index contributed by atoms with van der Waals surface area (Å²) in [6.07, 6.45) is 2.37. The van der Waals surface area contributed by atoms with Gasteiger partial charge in [-0.1, -0.05) is 60.7 Å². The summed E-state index contributed by atoms with van der Waals surface area (Å²) in [5, 5.41) is 15.3. The van der Waals surface area contributed by atoms with Crippen molar-refractivity contribution in [2.45, 2.75) is 69.1 Å². The topological polar surface area (TPSA) is 177 Å². The molecule has 0 aromatic heterocycles. The Bertz CT molecular complexity index is 1550. The number of hydrogen-bond acceptors (Lipinski definition) is 8. The van der Waals surface area contributed by atoms with Crippen molar-refractivity contribution < 1.29 is 38.6 Å². The average Bonchev–Trinajstić information content (AvgIpc) is 3.62. The van der Waals surface area contributed by atoms with E-state index in [0.717, 1.165) is 11.1 Å². The first kappa shape index (κ1) is 36.6. The molecule has 0 aliphatic carbocycles. The van der Waals surface area contributed by atoms with Crippen LogP contribution in [0.2, 0.25) is 0 Å². The number of rotatable bonds is 17. The summed E-state index contributed by atoms with van der Waals surface area (Å²) in [6, 6.07) is 20.7. The van der Waals surface area contributed by atoms with E-state index in [-0.39, 0.29) is 32.4 Å². The fourth-order valence-corrected chi connectivity index (χ4v) is 5.71. The lowest BCUT2D eigenvalue weighted by molar-refractivity contribution is -0.149. The second-order valence-corrected chi connectivity index (χ2v) is 12.0. The Hall–Kier alpha value is -5.23. The van der Waals surface area contributed by atoms with Gasteiger partial charge in [0.25, 0.3) is 0 Å². The summed E-state index contributed by atoms with van der Waals surface area (Å²) in [5.74, 6) is -2.56. The van der Waals surface area contributed by atoms with Crippen LogP contribution in [0.15, 0.2) is 84.9 Å². The van der Waals surface area contributed by atoms with Gasteiger partial charge < -0.3 is 35.8 Å². The number of likely N-dealkylation sites (tertiary alicyclic amines) is 1. The zero-order valence-corrected chi connectivity index (χ0v) is 27.6. The number of ether oxygens (including phenoxy) is 2. The van der Waals surface area contributed by atoms with Crippen molar-refractivity contribution in [1.82, 2.24) is 15.5 Å². The van der Waals surface area contributed by atoms with Crippen LogP contribution in [0.4, 0.5) is 0 Å². The molecule has 1 fully saturated rings. The minimum absolute atomic E-state index is 0.0947. The van der Waals surface area contributed by atoms with Crippen molar-refractivity contribution in [2.24, 2.45) is 5.73 Å². The van der Waals surface area contributed by atoms with Crippen molar-refractivity contribution in [3.63, 3.8) is 0 Å². The fraction of sp³-hybridized carbons (Fsp3) is 0.378. The predicted octanol–water partition coefficient (Wildman–Crippen LogP) is 2.88. The molecule has 4 atom stereocenters. The number of carbonyl (C=O) groups is 5. The normalized spacial score (nSPS) is 15.8. The van der Waals surface area contributed by atoms with Gasteiger partial charge in [-0.2, -0.15) is 0 Å². The Morgan fingerprint density at radius 3 is 2.10 bits per heavy atom. The largest absolute Gasteiger partial charge is 0.497 e. The van der Waals surface area contributed by atoms with E-state index in [4.69, 9.17) is 15.2 Å². The predicted molar refractivity (Wildman–Crippen MR) is 182 cm³/mol. The van der Waals surface area contributed by atoms with E-state index in [1.165, 1.54) is 4.90 Å². The Morgan fingerprint density at radius 2 is 1.45 bits per heavy atom. The maximum absolute atomic E-state index is 13.9. The van der Waals surface area contributed by atoms with Gasteiger partial charge in [-0.05, 0) is 67.5 Å². The molecule has 1 heterocycles. The van der Waals surface area contributed by atoms with Crippen molar-refractivity contribution >= 4 is 29.7 Å². The van der Waals surface area contributed by atoms with Gasteiger partial charge in [0, 0.05) is 19.4 Å². The smallest absolute Gasteiger partial charge is 0.338 e. The summed E-state index contributed by atoms with van der Waals surface area (Å²) in [4.78, 5) is 66.3. The molecule has 3 amide bonds. The highest BCUT2D eigenvalue weighted by molar-refractivity contribution is 5.94. The number of methoxy groups -OCH3 is 1. The summed E-state index contributed by atoms with van der Waals surface area (Å²) in [5.41, 5.74) is 8.18. The highest BCUT2D eigenvalue weighted by Crippen LogP contribution is 2.20. The van der Waals surface area contributed by atoms with Crippen LogP contribution in [0, 0.1) is 0 Å². The van der Waals surface area contributed by atoms with Crippen LogP contribution in [0.5, 0.6) is 5.75 Å². The molecular formula is C37H44N4O8. The second-order valence-electron chi connectivity index (χ2n) is 12.0. The maximum Gasteiger partial charge on any atom is 0.338 e. The highest BCUT2D eigenvalue weighted by atomic mass is 16.5. The van der Waals surface area contributed by atoms with Gasteiger partial charge in [-0.3, -0.25) is 14.4 Å². The first-order chi connectivity index (χ1) is 23.7. The van der Waals surface area contributed by atoms with Gasteiger partial charge >= 0.3 is 11.9 Å². The molecule has 0 spiro atoms. The monoisotopic (exact) mass is 672 g/mol. The zero-order chi connectivity index (χ0) is 35.2. The molecule has 1 aliphatic rings. The van der Waals surface area contributed by atoms with Crippen molar-refractivity contribution in [2.75, 3.05) is 20.3 Å². The molecule has 12 heteroatoms. The average molecular weight is 673 g/mol. The first-order valence-electron chi connectivity index (χ1n) is 16.4. The molecule has 3 aromatic rings. The number of carbonyl (C=O) groups excluding carboxylic acids is 4. The van der Waals surface area contributed by atoms with Gasteiger partial charge in [0.2, 0.25) is 17.7 Å². The lowest BCUT2D eigenvalue weighted by Gasteiger charge is -2.29. The Balaban J connectivity index is 1.43.